The summed E-state index contributed by atoms with van der Waals surface area (Å²) in [4.78, 5) is 34.5. The molecule has 0 atom stereocenters. The summed E-state index contributed by atoms with van der Waals surface area (Å²) in [5, 5.41) is 6.30. The summed E-state index contributed by atoms with van der Waals surface area (Å²) in [5.41, 5.74) is 5.33. The number of nitrogens with two attached hydrogens (primary N) is 1. The van der Waals surface area contributed by atoms with Crippen molar-refractivity contribution in [2.75, 3.05) is 5.32 Å². The molecule has 7 nitrogen and oxygen atoms in total. The Hall–Kier alpha value is -2.96. The van der Waals surface area contributed by atoms with Gasteiger partial charge < -0.3 is 11.1 Å². The van der Waals surface area contributed by atoms with Crippen LogP contribution >= 0.6 is 0 Å². The molecule has 0 bridgehead atoms. The summed E-state index contributed by atoms with van der Waals surface area (Å²) in [5.74, 6) is -1.12. The summed E-state index contributed by atoms with van der Waals surface area (Å²) < 4.78 is 1.02. The lowest BCUT2D eigenvalue weighted by Crippen LogP contribution is -2.29. The van der Waals surface area contributed by atoms with E-state index in [0.29, 0.717) is 5.69 Å². The fraction of sp³-hybridized carbons (Fsp3) is 0.0769. The number of carbonyl (C=O) groups excluding carboxylic acids is 2. The van der Waals surface area contributed by atoms with Crippen LogP contribution in [0.5, 0.6) is 0 Å². The highest BCUT2D eigenvalue weighted by Crippen LogP contribution is 2.13. The number of aromatic nitrogens is 2. The van der Waals surface area contributed by atoms with Crippen molar-refractivity contribution in [3.8, 4) is 0 Å². The number of rotatable bonds is 4. The Morgan fingerprint density at radius 1 is 1.20 bits per heavy atom. The van der Waals surface area contributed by atoms with Crippen molar-refractivity contribution in [3.63, 3.8) is 0 Å². The van der Waals surface area contributed by atoms with Gasteiger partial charge in [-0.3, -0.25) is 14.4 Å². The molecule has 102 valence electrons. The van der Waals surface area contributed by atoms with Crippen LogP contribution in [0.3, 0.4) is 0 Å². The number of para-hydroxylation sites is 1. The van der Waals surface area contributed by atoms with Gasteiger partial charge >= 0.3 is 0 Å². The Bertz CT molecular complexity index is 709. The zero-order valence-corrected chi connectivity index (χ0v) is 10.4. The van der Waals surface area contributed by atoms with Crippen LogP contribution in [0.15, 0.2) is 47.4 Å². The lowest BCUT2D eigenvalue weighted by atomic mass is 10.1. The lowest BCUT2D eigenvalue weighted by Gasteiger charge is -2.09. The molecule has 2 rings (SSSR count). The predicted molar refractivity (Wildman–Crippen MR) is 72.1 cm³/mol. The van der Waals surface area contributed by atoms with Crippen LogP contribution in [0, 0.1) is 0 Å². The Morgan fingerprint density at radius 3 is 2.65 bits per heavy atom. The maximum Gasteiger partial charge on any atom is 0.267 e. The van der Waals surface area contributed by atoms with Crippen molar-refractivity contribution in [1.29, 1.82) is 0 Å². The minimum Gasteiger partial charge on any atom is -0.366 e. The molecule has 0 saturated carbocycles. The van der Waals surface area contributed by atoms with Gasteiger partial charge in [0.05, 0.1) is 11.3 Å². The normalized spacial score (nSPS) is 10.0. The second-order valence-corrected chi connectivity index (χ2v) is 3.98. The molecule has 2 aromatic rings. The fourth-order valence-corrected chi connectivity index (χ4v) is 1.64. The van der Waals surface area contributed by atoms with Crippen molar-refractivity contribution in [2.24, 2.45) is 5.73 Å². The molecular weight excluding hydrogens is 260 g/mol. The highest BCUT2D eigenvalue weighted by molar-refractivity contribution is 6.02. The van der Waals surface area contributed by atoms with Crippen molar-refractivity contribution < 1.29 is 9.59 Å². The van der Waals surface area contributed by atoms with Crippen molar-refractivity contribution >= 4 is 17.5 Å². The minimum absolute atomic E-state index is 0.203. The van der Waals surface area contributed by atoms with Crippen LogP contribution in [0.2, 0.25) is 0 Å². The molecule has 0 aliphatic heterocycles. The van der Waals surface area contributed by atoms with Crippen LogP contribution in [-0.2, 0) is 11.3 Å². The Kier molecular flexibility index (Phi) is 3.90. The van der Waals surface area contributed by atoms with E-state index in [4.69, 9.17) is 5.73 Å². The van der Waals surface area contributed by atoms with Crippen molar-refractivity contribution in [3.05, 3.63) is 58.5 Å². The smallest absolute Gasteiger partial charge is 0.267 e. The quantitative estimate of drug-likeness (QED) is 0.815. The number of benzene rings is 1. The van der Waals surface area contributed by atoms with Gasteiger partial charge in [0, 0.05) is 12.3 Å². The van der Waals surface area contributed by atoms with E-state index in [1.807, 2.05) is 0 Å². The highest BCUT2D eigenvalue weighted by atomic mass is 16.2. The maximum atomic E-state index is 11.8. The summed E-state index contributed by atoms with van der Waals surface area (Å²) in [6, 6.07) is 9.15. The molecule has 20 heavy (non-hydrogen) atoms. The van der Waals surface area contributed by atoms with Gasteiger partial charge in [-0.05, 0) is 18.2 Å². The fourth-order valence-electron chi connectivity index (χ4n) is 1.64. The number of primary amides is 1. The Balaban J connectivity index is 2.15. The highest BCUT2D eigenvalue weighted by Gasteiger charge is 2.11. The zero-order chi connectivity index (χ0) is 14.5. The predicted octanol–water partition coefficient (Wildman–Crippen LogP) is -0.0191. The van der Waals surface area contributed by atoms with Crippen LogP contribution in [0.4, 0.5) is 5.69 Å². The number of hydrogen-bond acceptors (Lipinski definition) is 4. The molecule has 0 unspecified atom stereocenters. The van der Waals surface area contributed by atoms with E-state index in [1.54, 1.807) is 18.2 Å². The van der Waals surface area contributed by atoms with Gasteiger partial charge in [-0.15, -0.1) is 0 Å². The van der Waals surface area contributed by atoms with Crippen molar-refractivity contribution in [1.82, 2.24) is 9.78 Å². The second-order valence-electron chi connectivity index (χ2n) is 3.98. The Morgan fingerprint density at radius 2 is 1.95 bits per heavy atom. The molecule has 2 amide bonds. The molecule has 0 aliphatic rings. The van der Waals surface area contributed by atoms with Gasteiger partial charge in [0.2, 0.25) is 5.91 Å². The topological polar surface area (TPSA) is 107 Å². The molecule has 0 radical (unpaired) electrons. The third-order valence-corrected chi connectivity index (χ3v) is 2.55. The summed E-state index contributed by atoms with van der Waals surface area (Å²) in [6.07, 6.45) is 1.41. The minimum atomic E-state index is -0.643. The van der Waals surface area contributed by atoms with Crippen LogP contribution in [-0.4, -0.2) is 21.6 Å². The third-order valence-electron chi connectivity index (χ3n) is 2.55. The van der Waals surface area contributed by atoms with E-state index in [0.717, 1.165) is 4.68 Å². The monoisotopic (exact) mass is 272 g/mol. The van der Waals surface area contributed by atoms with Gasteiger partial charge in [0.25, 0.3) is 11.5 Å². The van der Waals surface area contributed by atoms with Gasteiger partial charge in [-0.2, -0.15) is 5.10 Å². The third kappa shape index (κ3) is 3.08. The van der Waals surface area contributed by atoms with E-state index < -0.39 is 11.8 Å². The van der Waals surface area contributed by atoms with E-state index in [2.05, 4.69) is 10.4 Å². The SMILES string of the molecule is NC(=O)c1ccccc1NC(=O)Cn1ncccc1=O. The zero-order valence-electron chi connectivity index (χ0n) is 10.4. The van der Waals surface area contributed by atoms with Crippen molar-refractivity contribution in [2.45, 2.75) is 6.54 Å². The van der Waals surface area contributed by atoms with E-state index in [-0.39, 0.29) is 17.7 Å². The lowest BCUT2D eigenvalue weighted by molar-refractivity contribution is -0.117. The first-order chi connectivity index (χ1) is 9.58. The number of nitrogens with one attached hydrogen (secondary N) is 1. The average Bonchev–Trinajstić information content (AvgIpc) is 2.41. The molecule has 7 heteroatoms. The van der Waals surface area contributed by atoms with E-state index >= 15 is 0 Å². The van der Waals surface area contributed by atoms with Crippen LogP contribution in [0.25, 0.3) is 0 Å². The molecule has 0 spiro atoms. The average molecular weight is 272 g/mol. The number of anilines is 1. The summed E-state index contributed by atoms with van der Waals surface area (Å²) in [6.45, 7) is -0.243. The number of nitrogens with zero attached hydrogens (tertiary/aromatic N) is 2. The number of carbonyl (C=O) groups is 2. The maximum absolute atomic E-state index is 11.8. The van der Waals surface area contributed by atoms with Crippen LogP contribution in [0.1, 0.15) is 10.4 Å². The molecule has 1 aromatic heterocycles. The first kappa shape index (κ1) is 13.5. The molecule has 0 saturated heterocycles. The molecule has 1 aromatic carbocycles. The molecule has 1 heterocycles. The van der Waals surface area contributed by atoms with E-state index in [9.17, 15) is 14.4 Å². The van der Waals surface area contributed by atoms with Crippen LogP contribution < -0.4 is 16.6 Å². The number of amides is 2. The standard InChI is InChI=1S/C13H12N4O3/c14-13(20)9-4-1-2-5-10(9)16-11(18)8-17-12(19)6-3-7-15-17/h1-7H,8H2,(H2,14,20)(H,16,18). The first-order valence-corrected chi connectivity index (χ1v) is 5.79. The van der Waals surface area contributed by atoms with Gasteiger partial charge in [-0.25, -0.2) is 4.68 Å². The molecule has 0 fully saturated rings. The molecule has 0 aliphatic carbocycles. The first-order valence-electron chi connectivity index (χ1n) is 5.79. The Labute approximate surface area is 114 Å². The van der Waals surface area contributed by atoms with Gasteiger partial charge in [-0.1, -0.05) is 12.1 Å². The second kappa shape index (κ2) is 5.79. The summed E-state index contributed by atoms with van der Waals surface area (Å²) in [7, 11) is 0. The molecule has 3 N–H and O–H groups in total. The molecular formula is C13H12N4O3. The van der Waals surface area contributed by atoms with Gasteiger partial charge in [0.15, 0.2) is 0 Å². The summed E-state index contributed by atoms with van der Waals surface area (Å²) >= 11 is 0. The largest absolute Gasteiger partial charge is 0.366 e. The van der Waals surface area contributed by atoms with E-state index in [1.165, 1.54) is 24.4 Å². The van der Waals surface area contributed by atoms with Gasteiger partial charge in [0.1, 0.15) is 6.54 Å². The number of hydrogen-bond donors (Lipinski definition) is 2.